The first-order valence-corrected chi connectivity index (χ1v) is 7.83. The largest absolute Gasteiger partial charge is 0.386 e. The number of nitrogens with zero attached hydrogens (tertiary/aromatic N) is 1. The molecule has 108 valence electrons. The van der Waals surface area contributed by atoms with Crippen molar-refractivity contribution in [2.45, 2.75) is 35.9 Å². The van der Waals surface area contributed by atoms with Gasteiger partial charge in [0.1, 0.15) is 5.84 Å². The third kappa shape index (κ3) is 3.02. The highest BCUT2D eigenvalue weighted by Crippen LogP contribution is 2.44. The summed E-state index contributed by atoms with van der Waals surface area (Å²) >= 11 is 14.9. The van der Waals surface area contributed by atoms with Crippen LogP contribution in [0.4, 0.5) is 0 Å². The first-order chi connectivity index (χ1) is 9.25. The molecule has 1 aromatic carbocycles. The van der Waals surface area contributed by atoms with Crippen LogP contribution in [0.15, 0.2) is 33.7 Å². The molecule has 0 unspecified atom stereocenters. The number of rotatable bonds is 3. The van der Waals surface area contributed by atoms with Crippen LogP contribution in [0.1, 0.15) is 31.7 Å². The fraction of sp³-hybridized carbons (Fsp3) is 0.429. The molecule has 20 heavy (non-hydrogen) atoms. The lowest BCUT2D eigenvalue weighted by Gasteiger charge is -2.41. The van der Waals surface area contributed by atoms with Crippen LogP contribution in [-0.4, -0.2) is 16.1 Å². The molecule has 0 radical (unpaired) electrons. The van der Waals surface area contributed by atoms with Crippen molar-refractivity contribution in [3.63, 3.8) is 0 Å². The van der Waals surface area contributed by atoms with E-state index in [1.165, 1.54) is 6.92 Å². The van der Waals surface area contributed by atoms with Gasteiger partial charge in [-0.2, -0.15) is 4.99 Å². The molecule has 3 nitrogen and oxygen atoms in total. The molecule has 1 fully saturated rings. The van der Waals surface area contributed by atoms with Gasteiger partial charge in [-0.3, -0.25) is 4.79 Å². The Hall–Kier alpha value is -0.580. The Kier molecular flexibility index (Phi) is 4.47. The van der Waals surface area contributed by atoms with Gasteiger partial charge in [0, 0.05) is 4.47 Å². The highest BCUT2D eigenvalue weighted by Gasteiger charge is 2.43. The Bertz CT molecular complexity index is 545. The molecule has 1 amide bonds. The predicted molar refractivity (Wildman–Crippen MR) is 86.4 cm³/mol. The maximum atomic E-state index is 11.8. The van der Waals surface area contributed by atoms with Crippen LogP contribution in [0.2, 0.25) is 0 Å². The zero-order chi connectivity index (χ0) is 15.0. The van der Waals surface area contributed by atoms with Gasteiger partial charge in [-0.05, 0) is 37.5 Å². The highest BCUT2D eigenvalue weighted by molar-refractivity contribution is 9.10. The fourth-order valence-corrected chi connectivity index (χ4v) is 2.66. The van der Waals surface area contributed by atoms with Crippen LogP contribution in [-0.2, 0) is 10.2 Å². The Balaban J connectivity index is 2.34. The second kappa shape index (κ2) is 5.66. The molecule has 1 aliphatic rings. The van der Waals surface area contributed by atoms with Gasteiger partial charge < -0.3 is 5.73 Å². The van der Waals surface area contributed by atoms with Crippen molar-refractivity contribution in [3.8, 4) is 0 Å². The molecular weight excluding hydrogens is 363 g/mol. The van der Waals surface area contributed by atoms with Crippen molar-refractivity contribution in [1.29, 1.82) is 0 Å². The molecule has 1 aliphatic carbocycles. The summed E-state index contributed by atoms with van der Waals surface area (Å²) in [5.74, 6) is -0.328. The van der Waals surface area contributed by atoms with Crippen LogP contribution < -0.4 is 5.73 Å². The van der Waals surface area contributed by atoms with Crippen molar-refractivity contribution >= 4 is 50.9 Å². The average molecular weight is 378 g/mol. The van der Waals surface area contributed by atoms with Crippen molar-refractivity contribution < 1.29 is 4.79 Å². The molecule has 0 spiro atoms. The predicted octanol–water partition coefficient (Wildman–Crippen LogP) is 3.95. The molecule has 1 aromatic rings. The summed E-state index contributed by atoms with van der Waals surface area (Å²) in [7, 11) is 0. The number of carbonyl (C=O) groups is 1. The highest BCUT2D eigenvalue weighted by atomic mass is 79.9. The molecular formula is C14H15BrCl2N2O. The molecule has 6 heteroatoms. The molecule has 0 aliphatic heterocycles. The monoisotopic (exact) mass is 376 g/mol. The first kappa shape index (κ1) is 15.8. The van der Waals surface area contributed by atoms with Crippen LogP contribution in [0, 0.1) is 0 Å². The van der Waals surface area contributed by atoms with E-state index in [0.717, 1.165) is 29.3 Å². The summed E-state index contributed by atoms with van der Waals surface area (Å²) in [4.78, 5) is 15.7. The van der Waals surface area contributed by atoms with Gasteiger partial charge in [0.05, 0.1) is 5.41 Å². The van der Waals surface area contributed by atoms with Crippen molar-refractivity contribution in [2.75, 3.05) is 0 Å². The van der Waals surface area contributed by atoms with E-state index in [1.807, 2.05) is 24.3 Å². The van der Waals surface area contributed by atoms with E-state index in [2.05, 4.69) is 20.9 Å². The summed E-state index contributed by atoms with van der Waals surface area (Å²) in [6.45, 7) is 1.39. The smallest absolute Gasteiger partial charge is 0.283 e. The minimum atomic E-state index is -1.55. The van der Waals surface area contributed by atoms with Gasteiger partial charge in [0.2, 0.25) is 0 Å². The third-order valence-electron chi connectivity index (χ3n) is 3.69. The summed E-state index contributed by atoms with van der Waals surface area (Å²) in [6.07, 6.45) is 2.80. The van der Waals surface area contributed by atoms with Gasteiger partial charge in [-0.15, -0.1) is 0 Å². The molecule has 0 bridgehead atoms. The zero-order valence-electron chi connectivity index (χ0n) is 11.0. The number of hydrogen-bond acceptors (Lipinski definition) is 1. The number of carbonyl (C=O) groups excluding carboxylic acids is 1. The van der Waals surface area contributed by atoms with Crippen LogP contribution in [0.5, 0.6) is 0 Å². The van der Waals surface area contributed by atoms with Crippen molar-refractivity contribution in [3.05, 3.63) is 34.3 Å². The van der Waals surface area contributed by atoms with E-state index in [1.54, 1.807) is 0 Å². The van der Waals surface area contributed by atoms with Gasteiger partial charge in [-0.1, -0.05) is 57.7 Å². The number of hydrogen-bond donors (Lipinski definition) is 1. The normalized spacial score (nSPS) is 18.5. The molecule has 0 heterocycles. The molecule has 2 rings (SSSR count). The topological polar surface area (TPSA) is 55.5 Å². The Morgan fingerprint density at radius 1 is 1.35 bits per heavy atom. The first-order valence-electron chi connectivity index (χ1n) is 6.29. The van der Waals surface area contributed by atoms with Gasteiger partial charge in [-0.25, -0.2) is 0 Å². The lowest BCUT2D eigenvalue weighted by molar-refractivity contribution is -0.118. The zero-order valence-corrected chi connectivity index (χ0v) is 14.1. The van der Waals surface area contributed by atoms with Gasteiger partial charge in [0.15, 0.2) is 4.33 Å². The summed E-state index contributed by atoms with van der Waals surface area (Å²) in [6, 6.07) is 7.91. The van der Waals surface area contributed by atoms with Gasteiger partial charge in [0.25, 0.3) is 5.91 Å². The molecule has 0 atom stereocenters. The van der Waals surface area contributed by atoms with Crippen LogP contribution >= 0.6 is 39.1 Å². The molecule has 0 aromatic heterocycles. The second-order valence-electron chi connectivity index (χ2n) is 5.13. The maximum Gasteiger partial charge on any atom is 0.283 e. The Labute approximate surface area is 136 Å². The second-order valence-corrected chi connectivity index (χ2v) is 7.75. The molecule has 2 N–H and O–H groups in total. The van der Waals surface area contributed by atoms with E-state index in [0.29, 0.717) is 5.84 Å². The van der Waals surface area contributed by atoms with Crippen LogP contribution in [0.25, 0.3) is 0 Å². The van der Waals surface area contributed by atoms with Crippen molar-refractivity contribution in [2.24, 2.45) is 10.7 Å². The molecule has 0 saturated heterocycles. The average Bonchev–Trinajstić information content (AvgIpc) is 2.28. The number of amides is 1. The van der Waals surface area contributed by atoms with E-state index < -0.39 is 10.2 Å². The number of aliphatic imine (C=N–C) groups is 1. The number of amidine groups is 1. The lowest BCUT2D eigenvalue weighted by atomic mass is 9.63. The van der Waals surface area contributed by atoms with E-state index in [9.17, 15) is 4.79 Å². The Morgan fingerprint density at radius 2 is 1.90 bits per heavy atom. The number of nitrogens with two attached hydrogens (primary N) is 1. The Morgan fingerprint density at radius 3 is 2.30 bits per heavy atom. The van der Waals surface area contributed by atoms with E-state index in [4.69, 9.17) is 28.9 Å². The minimum absolute atomic E-state index is 0.295. The third-order valence-corrected chi connectivity index (χ3v) is 4.54. The van der Waals surface area contributed by atoms with E-state index in [-0.39, 0.29) is 5.41 Å². The number of alkyl halides is 2. The lowest BCUT2D eigenvalue weighted by Crippen LogP contribution is -2.47. The molecule has 1 saturated carbocycles. The number of benzene rings is 1. The quantitative estimate of drug-likeness (QED) is 0.492. The summed E-state index contributed by atoms with van der Waals surface area (Å²) in [5.41, 5.74) is 6.78. The fourth-order valence-electron chi connectivity index (χ4n) is 2.31. The SMILES string of the molecule is CC(Cl)(Cl)C(=O)N=C(N)C1(c2ccc(Br)cc2)CCC1. The standard InChI is InChI=1S/C14H15BrCl2N2O/c1-13(16,17)12(20)19-11(18)14(7-2-8-14)9-3-5-10(15)6-4-9/h3-6H,2,7-8H2,1H3,(H2,18,19,20). The van der Waals surface area contributed by atoms with E-state index >= 15 is 0 Å². The summed E-state index contributed by atoms with van der Waals surface area (Å²) in [5, 5.41) is 0. The van der Waals surface area contributed by atoms with Crippen molar-refractivity contribution in [1.82, 2.24) is 0 Å². The minimum Gasteiger partial charge on any atom is -0.386 e. The maximum absolute atomic E-state index is 11.8. The summed E-state index contributed by atoms with van der Waals surface area (Å²) < 4.78 is -0.550. The van der Waals surface area contributed by atoms with Gasteiger partial charge >= 0.3 is 0 Å². The van der Waals surface area contributed by atoms with Crippen LogP contribution in [0.3, 0.4) is 0 Å². The number of halogens is 3.